The maximum atomic E-state index is 12.6. The van der Waals surface area contributed by atoms with Gasteiger partial charge in [-0.2, -0.15) is 4.98 Å². The smallest absolute Gasteiger partial charge is 0.417 e. The molecule has 0 saturated heterocycles. The maximum Gasteiger partial charge on any atom is 0.417 e. The van der Waals surface area contributed by atoms with Crippen LogP contribution < -0.4 is 0 Å². The van der Waals surface area contributed by atoms with Gasteiger partial charge < -0.3 is 9.30 Å². The molecule has 150 valence electrons. The van der Waals surface area contributed by atoms with Crippen molar-refractivity contribution in [2.45, 2.75) is 58.2 Å². The Morgan fingerprint density at radius 1 is 1.29 bits per heavy atom. The molecule has 2 aromatic heterocycles. The summed E-state index contributed by atoms with van der Waals surface area (Å²) in [7, 11) is 0. The van der Waals surface area contributed by atoms with Gasteiger partial charge in [0, 0.05) is 6.42 Å². The molecule has 0 saturated carbocycles. The Morgan fingerprint density at radius 3 is 2.64 bits per heavy atom. The molecular weight excluding hydrogens is 405 g/mol. The van der Waals surface area contributed by atoms with Crippen LogP contribution >= 0.6 is 23.2 Å². The fourth-order valence-electron chi connectivity index (χ4n) is 3.06. The maximum absolute atomic E-state index is 12.6. The Morgan fingerprint density at radius 2 is 2.00 bits per heavy atom. The van der Waals surface area contributed by atoms with Crippen molar-refractivity contribution in [1.82, 2.24) is 24.4 Å². The summed E-state index contributed by atoms with van der Waals surface area (Å²) in [5, 5.41) is 0.193. The third-order valence-corrected chi connectivity index (χ3v) is 4.67. The van der Waals surface area contributed by atoms with E-state index in [0.717, 1.165) is 0 Å². The van der Waals surface area contributed by atoms with E-state index in [1.165, 1.54) is 4.90 Å². The number of hydrogen-bond acceptors (Lipinski definition) is 6. The van der Waals surface area contributed by atoms with E-state index in [1.807, 2.05) is 12.2 Å². The quantitative estimate of drug-likeness (QED) is 0.416. The number of rotatable bonds is 3. The highest BCUT2D eigenvalue weighted by Crippen LogP contribution is 2.31. The Kier molecular flexibility index (Phi) is 5.63. The molecule has 0 aromatic carbocycles. The van der Waals surface area contributed by atoms with Gasteiger partial charge in [-0.3, -0.25) is 4.79 Å². The highest BCUT2D eigenvalue weighted by Gasteiger charge is 2.35. The predicted octanol–water partition coefficient (Wildman–Crippen LogP) is 4.18. The predicted molar refractivity (Wildman–Crippen MR) is 105 cm³/mol. The van der Waals surface area contributed by atoms with E-state index in [9.17, 15) is 9.59 Å². The lowest BCUT2D eigenvalue weighted by Crippen LogP contribution is -2.45. The molecule has 2 amide bonds. The van der Waals surface area contributed by atoms with Crippen LogP contribution in [0.4, 0.5) is 4.79 Å². The van der Waals surface area contributed by atoms with Crippen molar-refractivity contribution in [2.24, 2.45) is 0 Å². The normalized spacial score (nSPS) is 19.2. The SMILES string of the molecule is CCC(=O)N(C(=O)OC(C)(C)C)[C@@H]1C=C[C@H](n2cnc3c(Cl)nc(Cl)nc32)C1. The van der Waals surface area contributed by atoms with E-state index in [-0.39, 0.29) is 28.8 Å². The number of aromatic nitrogens is 4. The number of fused-ring (bicyclic) bond motifs is 1. The summed E-state index contributed by atoms with van der Waals surface area (Å²) < 4.78 is 7.22. The van der Waals surface area contributed by atoms with Gasteiger partial charge in [-0.1, -0.05) is 30.7 Å². The second-order valence-electron chi connectivity index (χ2n) is 7.46. The Bertz CT molecular complexity index is 951. The zero-order valence-corrected chi connectivity index (χ0v) is 17.5. The molecule has 0 aliphatic heterocycles. The first kappa shape index (κ1) is 20.5. The molecule has 0 radical (unpaired) electrons. The fourth-order valence-corrected chi connectivity index (χ4v) is 3.48. The number of carbonyl (C=O) groups excluding carboxylic acids is 2. The molecule has 1 aliphatic carbocycles. The van der Waals surface area contributed by atoms with E-state index < -0.39 is 17.7 Å². The number of imide groups is 1. The first-order valence-electron chi connectivity index (χ1n) is 8.89. The van der Waals surface area contributed by atoms with Crippen LogP contribution in [0.1, 0.15) is 46.6 Å². The second kappa shape index (κ2) is 7.67. The lowest BCUT2D eigenvalue weighted by atomic mass is 10.1. The van der Waals surface area contributed by atoms with E-state index in [0.29, 0.717) is 17.6 Å². The van der Waals surface area contributed by atoms with E-state index in [4.69, 9.17) is 27.9 Å². The molecule has 2 atom stereocenters. The van der Waals surface area contributed by atoms with Gasteiger partial charge in [0.1, 0.15) is 11.1 Å². The Balaban J connectivity index is 1.86. The molecule has 0 spiro atoms. The molecule has 2 heterocycles. The highest BCUT2D eigenvalue weighted by molar-refractivity contribution is 6.35. The lowest BCUT2D eigenvalue weighted by Gasteiger charge is -2.29. The average molecular weight is 426 g/mol. The van der Waals surface area contributed by atoms with Crippen molar-refractivity contribution in [3.05, 3.63) is 28.9 Å². The van der Waals surface area contributed by atoms with Crippen molar-refractivity contribution in [3.8, 4) is 0 Å². The molecule has 2 aromatic rings. The Hall–Kier alpha value is -2.19. The topological polar surface area (TPSA) is 90.2 Å². The van der Waals surface area contributed by atoms with Gasteiger partial charge in [0.2, 0.25) is 11.2 Å². The van der Waals surface area contributed by atoms with Crippen LogP contribution in [0.15, 0.2) is 18.5 Å². The largest absolute Gasteiger partial charge is 0.443 e. The summed E-state index contributed by atoms with van der Waals surface area (Å²) in [6.45, 7) is 6.99. The van der Waals surface area contributed by atoms with Gasteiger partial charge in [-0.05, 0) is 38.8 Å². The fraction of sp³-hybridized carbons (Fsp3) is 0.500. The van der Waals surface area contributed by atoms with Crippen LogP contribution in [-0.2, 0) is 9.53 Å². The number of carbonyl (C=O) groups is 2. The van der Waals surface area contributed by atoms with Crippen LogP contribution in [0.5, 0.6) is 0 Å². The minimum absolute atomic E-state index is 0.0225. The molecule has 10 heteroatoms. The summed E-state index contributed by atoms with van der Waals surface area (Å²) in [5.74, 6) is -0.298. The number of halogens is 2. The molecule has 8 nitrogen and oxygen atoms in total. The van der Waals surface area contributed by atoms with Gasteiger partial charge in [0.05, 0.1) is 18.4 Å². The van der Waals surface area contributed by atoms with E-state index >= 15 is 0 Å². The number of hydrogen-bond donors (Lipinski definition) is 0. The molecule has 1 aliphatic rings. The number of ether oxygens (including phenoxy) is 1. The van der Waals surface area contributed by atoms with Crippen LogP contribution in [0.2, 0.25) is 10.4 Å². The van der Waals surface area contributed by atoms with E-state index in [2.05, 4.69) is 15.0 Å². The zero-order valence-electron chi connectivity index (χ0n) is 16.0. The van der Waals surface area contributed by atoms with Crippen LogP contribution in [0.3, 0.4) is 0 Å². The van der Waals surface area contributed by atoms with Crippen LogP contribution in [0, 0.1) is 0 Å². The zero-order chi connectivity index (χ0) is 20.6. The van der Waals surface area contributed by atoms with Gasteiger partial charge in [0.25, 0.3) is 0 Å². The summed E-state index contributed by atoms with van der Waals surface area (Å²) >= 11 is 12.0. The summed E-state index contributed by atoms with van der Waals surface area (Å²) in [5.41, 5.74) is 0.234. The monoisotopic (exact) mass is 425 g/mol. The first-order valence-corrected chi connectivity index (χ1v) is 9.65. The third-order valence-electron chi connectivity index (χ3n) is 4.24. The molecular formula is C18H21Cl2N5O3. The highest BCUT2D eigenvalue weighted by atomic mass is 35.5. The molecule has 3 rings (SSSR count). The van der Waals surface area contributed by atoms with Gasteiger partial charge in [-0.25, -0.2) is 19.7 Å². The molecule has 0 fully saturated rings. The summed E-state index contributed by atoms with van der Waals surface area (Å²) in [4.78, 5) is 38.6. The van der Waals surface area contributed by atoms with Crippen molar-refractivity contribution >= 4 is 46.4 Å². The number of amides is 2. The van der Waals surface area contributed by atoms with Gasteiger partial charge in [0.15, 0.2) is 10.8 Å². The average Bonchev–Trinajstić information content (AvgIpc) is 3.20. The van der Waals surface area contributed by atoms with Crippen molar-refractivity contribution in [3.63, 3.8) is 0 Å². The minimum Gasteiger partial charge on any atom is -0.443 e. The van der Waals surface area contributed by atoms with Gasteiger partial charge in [-0.15, -0.1) is 0 Å². The van der Waals surface area contributed by atoms with Crippen LogP contribution in [-0.4, -0.2) is 48.1 Å². The van der Waals surface area contributed by atoms with Gasteiger partial charge >= 0.3 is 6.09 Å². The summed E-state index contributed by atoms with van der Waals surface area (Å²) in [6.07, 6.45) is 5.32. The van der Waals surface area contributed by atoms with Crippen LogP contribution in [0.25, 0.3) is 11.2 Å². The van der Waals surface area contributed by atoms with Crippen molar-refractivity contribution in [2.75, 3.05) is 0 Å². The van der Waals surface area contributed by atoms with E-state index in [1.54, 1.807) is 38.6 Å². The Labute approximate surface area is 172 Å². The molecule has 28 heavy (non-hydrogen) atoms. The number of allylic oxidation sites excluding steroid dienone is 1. The first-order chi connectivity index (χ1) is 13.1. The third kappa shape index (κ3) is 4.12. The number of nitrogens with zero attached hydrogens (tertiary/aromatic N) is 5. The molecule has 0 N–H and O–H groups in total. The van der Waals surface area contributed by atoms with Crippen molar-refractivity contribution < 1.29 is 14.3 Å². The second-order valence-corrected chi connectivity index (χ2v) is 8.16. The summed E-state index contributed by atoms with van der Waals surface area (Å²) in [6, 6.07) is -0.607. The lowest BCUT2D eigenvalue weighted by molar-refractivity contribution is -0.131. The standard InChI is InChI=1S/C18H21Cl2N5O3/c1-5-12(26)25(17(27)28-18(2,3)4)11-7-6-10(8-11)24-9-21-13-14(19)22-16(20)23-15(13)24/h6-7,9-11H,5,8H2,1-4H3/t10-,11+/m0/s1. The number of imidazole rings is 1. The molecule has 0 bridgehead atoms. The molecule has 0 unspecified atom stereocenters. The van der Waals surface area contributed by atoms with Crippen molar-refractivity contribution in [1.29, 1.82) is 0 Å². The minimum atomic E-state index is -0.698.